The molecule has 2 aromatic rings. The van der Waals surface area contributed by atoms with E-state index in [9.17, 15) is 4.39 Å². The lowest BCUT2D eigenvalue weighted by molar-refractivity contribution is 0.475. The van der Waals surface area contributed by atoms with Crippen molar-refractivity contribution >= 4 is 5.82 Å². The monoisotopic (exact) mass is 260 g/mol. The Morgan fingerprint density at radius 2 is 2.00 bits per heavy atom. The number of hydrogen-bond donors (Lipinski definition) is 1. The van der Waals surface area contributed by atoms with Gasteiger partial charge in [-0.3, -0.25) is 0 Å². The molecule has 0 spiro atoms. The predicted molar refractivity (Wildman–Crippen MR) is 74.2 cm³/mol. The van der Waals surface area contributed by atoms with Crippen LogP contribution in [0.5, 0.6) is 11.5 Å². The Morgan fingerprint density at radius 3 is 2.74 bits per heavy atom. The van der Waals surface area contributed by atoms with Gasteiger partial charge in [0, 0.05) is 24.9 Å². The average molecular weight is 260 g/mol. The number of halogens is 1. The molecule has 0 aliphatic carbocycles. The molecule has 1 heterocycles. The lowest BCUT2D eigenvalue weighted by Crippen LogP contribution is -2.01. The van der Waals surface area contributed by atoms with E-state index in [0.717, 1.165) is 18.8 Å². The first-order valence-corrected chi connectivity index (χ1v) is 6.33. The molecule has 0 amide bonds. The largest absolute Gasteiger partial charge is 0.457 e. The van der Waals surface area contributed by atoms with Crippen LogP contribution in [0.4, 0.5) is 10.2 Å². The Morgan fingerprint density at radius 1 is 1.21 bits per heavy atom. The third-order valence-electron chi connectivity index (χ3n) is 2.67. The first-order valence-electron chi connectivity index (χ1n) is 6.33. The number of rotatable bonds is 5. The molecule has 0 aliphatic heterocycles. The fourth-order valence-corrected chi connectivity index (χ4v) is 1.60. The first kappa shape index (κ1) is 13.3. The molecular formula is C15H17FN2O. The molecule has 100 valence electrons. The van der Waals surface area contributed by atoms with Crippen molar-refractivity contribution in [2.75, 3.05) is 11.9 Å². The topological polar surface area (TPSA) is 34.1 Å². The molecule has 1 aromatic heterocycles. The van der Waals surface area contributed by atoms with Gasteiger partial charge in [0.25, 0.3) is 0 Å². The van der Waals surface area contributed by atoms with Crippen molar-refractivity contribution in [3.63, 3.8) is 0 Å². The van der Waals surface area contributed by atoms with Gasteiger partial charge in [0.2, 0.25) is 0 Å². The van der Waals surface area contributed by atoms with Gasteiger partial charge in [-0.05, 0) is 31.0 Å². The normalized spacial score (nSPS) is 10.3. The van der Waals surface area contributed by atoms with E-state index < -0.39 is 0 Å². The van der Waals surface area contributed by atoms with Gasteiger partial charge >= 0.3 is 0 Å². The number of benzene rings is 1. The maximum atomic E-state index is 13.4. The molecule has 0 aliphatic rings. The van der Waals surface area contributed by atoms with E-state index in [1.165, 1.54) is 6.07 Å². The number of aryl methyl sites for hydroxylation is 1. The zero-order valence-electron chi connectivity index (χ0n) is 11.1. The fraction of sp³-hybridized carbons (Fsp3) is 0.267. The molecule has 0 saturated heterocycles. The summed E-state index contributed by atoms with van der Waals surface area (Å²) in [5.41, 5.74) is 0.604. The number of hydrogen-bond acceptors (Lipinski definition) is 3. The molecule has 0 atom stereocenters. The Kier molecular flexibility index (Phi) is 4.34. The van der Waals surface area contributed by atoms with Gasteiger partial charge < -0.3 is 10.1 Å². The van der Waals surface area contributed by atoms with Gasteiger partial charge in [0.1, 0.15) is 23.1 Å². The van der Waals surface area contributed by atoms with Gasteiger partial charge in [0.15, 0.2) is 0 Å². The molecule has 0 fully saturated rings. The Hall–Kier alpha value is -2.10. The van der Waals surface area contributed by atoms with E-state index in [4.69, 9.17) is 4.74 Å². The van der Waals surface area contributed by atoms with Gasteiger partial charge in [-0.25, -0.2) is 9.37 Å². The molecule has 0 radical (unpaired) electrons. The summed E-state index contributed by atoms with van der Waals surface area (Å²) in [4.78, 5) is 4.19. The molecule has 1 N–H and O–H groups in total. The van der Waals surface area contributed by atoms with Crippen molar-refractivity contribution in [1.82, 2.24) is 4.98 Å². The highest BCUT2D eigenvalue weighted by Crippen LogP contribution is 2.24. The molecule has 19 heavy (non-hydrogen) atoms. The number of anilines is 1. The van der Waals surface area contributed by atoms with Crippen molar-refractivity contribution in [1.29, 1.82) is 0 Å². The van der Waals surface area contributed by atoms with E-state index >= 15 is 0 Å². The van der Waals surface area contributed by atoms with E-state index in [1.807, 2.05) is 0 Å². The molecule has 3 nitrogen and oxygen atoms in total. The maximum Gasteiger partial charge on any atom is 0.132 e. The molecule has 2 rings (SSSR count). The smallest absolute Gasteiger partial charge is 0.132 e. The van der Waals surface area contributed by atoms with Gasteiger partial charge in [0.05, 0.1) is 0 Å². The van der Waals surface area contributed by atoms with Crippen LogP contribution in [0, 0.1) is 12.7 Å². The van der Waals surface area contributed by atoms with Crippen molar-refractivity contribution in [2.24, 2.45) is 0 Å². The van der Waals surface area contributed by atoms with E-state index in [0.29, 0.717) is 17.1 Å². The summed E-state index contributed by atoms with van der Waals surface area (Å²) in [6.07, 6.45) is 2.69. The summed E-state index contributed by atoms with van der Waals surface area (Å²) < 4.78 is 19.0. The quantitative estimate of drug-likeness (QED) is 0.877. The zero-order chi connectivity index (χ0) is 13.7. The summed E-state index contributed by atoms with van der Waals surface area (Å²) >= 11 is 0. The summed E-state index contributed by atoms with van der Waals surface area (Å²) in [6, 6.07) is 8.37. The molecule has 0 bridgehead atoms. The van der Waals surface area contributed by atoms with E-state index in [-0.39, 0.29) is 5.82 Å². The SMILES string of the molecule is CCCNc1cc(Oc2ccc(C)c(F)c2)ccn1. The van der Waals surface area contributed by atoms with E-state index in [1.54, 1.807) is 37.4 Å². The van der Waals surface area contributed by atoms with Crippen LogP contribution in [0.15, 0.2) is 36.5 Å². The van der Waals surface area contributed by atoms with Crippen molar-refractivity contribution in [2.45, 2.75) is 20.3 Å². The molecule has 0 unspecified atom stereocenters. The van der Waals surface area contributed by atoms with Crippen LogP contribution in [-0.2, 0) is 0 Å². The van der Waals surface area contributed by atoms with E-state index in [2.05, 4.69) is 17.2 Å². The number of aromatic nitrogens is 1. The standard InChI is InChI=1S/C15H17FN2O/c1-3-7-17-15-10-13(6-8-18-15)19-12-5-4-11(2)14(16)9-12/h4-6,8-10H,3,7H2,1-2H3,(H,17,18). The zero-order valence-corrected chi connectivity index (χ0v) is 11.1. The average Bonchev–Trinajstić information content (AvgIpc) is 2.41. The van der Waals surface area contributed by atoms with Crippen LogP contribution in [0.25, 0.3) is 0 Å². The Labute approximate surface area is 112 Å². The lowest BCUT2D eigenvalue weighted by atomic mass is 10.2. The van der Waals surface area contributed by atoms with Gasteiger partial charge in [-0.15, -0.1) is 0 Å². The van der Waals surface area contributed by atoms with Gasteiger partial charge in [-0.1, -0.05) is 13.0 Å². The summed E-state index contributed by atoms with van der Waals surface area (Å²) in [7, 11) is 0. The van der Waals surface area contributed by atoms with Crippen LogP contribution in [0.3, 0.4) is 0 Å². The second-order valence-electron chi connectivity index (χ2n) is 4.32. The predicted octanol–water partition coefficient (Wildman–Crippen LogP) is 4.14. The summed E-state index contributed by atoms with van der Waals surface area (Å²) in [6.45, 7) is 4.66. The molecular weight excluding hydrogens is 243 g/mol. The van der Waals surface area contributed by atoms with Crippen molar-refractivity contribution in [3.8, 4) is 11.5 Å². The highest BCUT2D eigenvalue weighted by Gasteiger charge is 2.03. The third-order valence-corrected chi connectivity index (χ3v) is 2.67. The van der Waals surface area contributed by atoms with Crippen molar-refractivity contribution < 1.29 is 9.13 Å². The summed E-state index contributed by atoms with van der Waals surface area (Å²) in [5.74, 6) is 1.61. The lowest BCUT2D eigenvalue weighted by Gasteiger charge is -2.08. The highest BCUT2D eigenvalue weighted by atomic mass is 19.1. The van der Waals surface area contributed by atoms with Crippen LogP contribution < -0.4 is 10.1 Å². The Balaban J connectivity index is 2.11. The number of ether oxygens (including phenoxy) is 1. The maximum absolute atomic E-state index is 13.4. The first-order chi connectivity index (χ1) is 9.19. The van der Waals surface area contributed by atoms with Crippen LogP contribution in [-0.4, -0.2) is 11.5 Å². The highest BCUT2D eigenvalue weighted by molar-refractivity contribution is 5.42. The second kappa shape index (κ2) is 6.18. The number of pyridine rings is 1. The fourth-order valence-electron chi connectivity index (χ4n) is 1.60. The van der Waals surface area contributed by atoms with Gasteiger partial charge in [-0.2, -0.15) is 0 Å². The molecule has 1 aromatic carbocycles. The second-order valence-corrected chi connectivity index (χ2v) is 4.32. The van der Waals surface area contributed by atoms with Crippen LogP contribution >= 0.6 is 0 Å². The number of nitrogens with zero attached hydrogens (tertiary/aromatic N) is 1. The molecule has 4 heteroatoms. The minimum Gasteiger partial charge on any atom is -0.457 e. The molecule has 0 saturated carbocycles. The van der Waals surface area contributed by atoms with Crippen LogP contribution in [0.2, 0.25) is 0 Å². The summed E-state index contributed by atoms with van der Waals surface area (Å²) in [5, 5.41) is 3.18. The minimum absolute atomic E-state index is 0.268. The number of nitrogens with one attached hydrogen (secondary N) is 1. The van der Waals surface area contributed by atoms with Crippen LogP contribution in [0.1, 0.15) is 18.9 Å². The van der Waals surface area contributed by atoms with Crippen molar-refractivity contribution in [3.05, 3.63) is 47.9 Å². The third kappa shape index (κ3) is 3.68. The Bertz CT molecular complexity index is 558. The minimum atomic E-state index is -0.268.